The number of pyridine rings is 1. The zero-order valence-electron chi connectivity index (χ0n) is 15.7. The Bertz CT molecular complexity index is 1060. The Kier molecular flexibility index (Phi) is 5.97. The second-order valence-electron chi connectivity index (χ2n) is 6.53. The van der Waals surface area contributed by atoms with Crippen molar-refractivity contribution >= 4 is 40.0 Å². The second kappa shape index (κ2) is 8.59. The number of urea groups is 1. The van der Waals surface area contributed by atoms with Crippen LogP contribution in [0.3, 0.4) is 0 Å². The number of nitrogens with zero attached hydrogens (tertiary/aromatic N) is 1. The summed E-state index contributed by atoms with van der Waals surface area (Å²) in [6, 6.07) is 14.8. The second-order valence-corrected chi connectivity index (χ2v) is 6.96. The minimum Gasteiger partial charge on any atom is -0.334 e. The van der Waals surface area contributed by atoms with Gasteiger partial charge in [0, 0.05) is 16.1 Å². The van der Waals surface area contributed by atoms with E-state index >= 15 is 0 Å². The van der Waals surface area contributed by atoms with Crippen LogP contribution in [0.5, 0.6) is 0 Å². The lowest BCUT2D eigenvalue weighted by Gasteiger charge is -2.08. The molecule has 3 rings (SSSR count). The largest absolute Gasteiger partial charge is 0.334 e. The van der Waals surface area contributed by atoms with Crippen molar-refractivity contribution in [2.24, 2.45) is 0 Å². The van der Waals surface area contributed by atoms with Crippen LogP contribution in [-0.2, 0) is 0 Å². The van der Waals surface area contributed by atoms with Crippen molar-refractivity contribution in [3.63, 3.8) is 0 Å². The first kappa shape index (κ1) is 19.5. The number of aromatic amines is 1. The van der Waals surface area contributed by atoms with E-state index in [0.717, 1.165) is 22.0 Å². The third-order valence-electron chi connectivity index (χ3n) is 4.28. The molecule has 1 heterocycles. The van der Waals surface area contributed by atoms with Gasteiger partial charge in [0.25, 0.3) is 5.82 Å². The van der Waals surface area contributed by atoms with Gasteiger partial charge in [-0.05, 0) is 61.4 Å². The molecule has 0 bridgehead atoms. The molecule has 0 radical (unpaired) electrons. The summed E-state index contributed by atoms with van der Waals surface area (Å²) in [5.41, 5.74) is 4.43. The predicted molar refractivity (Wildman–Crippen MR) is 112 cm³/mol. The Balaban J connectivity index is 1.59. The highest BCUT2D eigenvalue weighted by atomic mass is 35.5. The van der Waals surface area contributed by atoms with Crippen molar-refractivity contribution in [3.05, 3.63) is 64.2 Å². The highest BCUT2D eigenvalue weighted by Crippen LogP contribution is 2.21. The van der Waals surface area contributed by atoms with E-state index in [1.165, 1.54) is 0 Å². The number of anilines is 2. The van der Waals surface area contributed by atoms with Gasteiger partial charge in [-0.1, -0.05) is 17.7 Å². The van der Waals surface area contributed by atoms with Gasteiger partial charge in [0.2, 0.25) is 0 Å². The first-order valence-electron chi connectivity index (χ1n) is 8.88. The molecule has 7 heteroatoms. The SMILES string of the molecule is Cc1cc(C)c2cc(C#N)c(NCCNC(=O)Nc3ccc(Cl)cc3)[nH+]c2c1. The molecule has 6 nitrogen and oxygen atoms in total. The van der Waals surface area contributed by atoms with E-state index in [4.69, 9.17) is 11.6 Å². The maximum absolute atomic E-state index is 11.9. The summed E-state index contributed by atoms with van der Waals surface area (Å²) in [5.74, 6) is 0.639. The smallest absolute Gasteiger partial charge is 0.319 e. The molecule has 0 aliphatic heterocycles. The van der Waals surface area contributed by atoms with Crippen LogP contribution in [-0.4, -0.2) is 19.1 Å². The number of hydrogen-bond acceptors (Lipinski definition) is 3. The zero-order valence-corrected chi connectivity index (χ0v) is 16.4. The summed E-state index contributed by atoms with van der Waals surface area (Å²) in [7, 11) is 0. The molecular weight excluding hydrogens is 374 g/mol. The van der Waals surface area contributed by atoms with Gasteiger partial charge in [0.1, 0.15) is 23.7 Å². The number of halogens is 1. The van der Waals surface area contributed by atoms with Crippen molar-refractivity contribution in [1.82, 2.24) is 5.32 Å². The van der Waals surface area contributed by atoms with Crippen molar-refractivity contribution in [2.75, 3.05) is 23.7 Å². The molecule has 0 fully saturated rings. The summed E-state index contributed by atoms with van der Waals surface area (Å²) in [6.45, 7) is 4.92. The fourth-order valence-corrected chi connectivity index (χ4v) is 3.12. The third-order valence-corrected chi connectivity index (χ3v) is 4.54. The van der Waals surface area contributed by atoms with Crippen LogP contribution >= 0.6 is 11.6 Å². The fourth-order valence-electron chi connectivity index (χ4n) is 2.99. The Hall–Kier alpha value is -3.30. The number of rotatable bonds is 5. The van der Waals surface area contributed by atoms with Crippen LogP contribution in [0.2, 0.25) is 5.02 Å². The summed E-state index contributed by atoms with van der Waals surface area (Å²) in [5, 5.41) is 19.8. The lowest BCUT2D eigenvalue weighted by atomic mass is 10.0. The van der Waals surface area contributed by atoms with Crippen LogP contribution in [0.4, 0.5) is 16.3 Å². The van der Waals surface area contributed by atoms with Gasteiger partial charge < -0.3 is 10.6 Å². The van der Waals surface area contributed by atoms with E-state index in [2.05, 4.69) is 33.1 Å². The van der Waals surface area contributed by atoms with Gasteiger partial charge >= 0.3 is 6.03 Å². The molecule has 2 amide bonds. The minimum absolute atomic E-state index is 0.307. The highest BCUT2D eigenvalue weighted by molar-refractivity contribution is 6.30. The van der Waals surface area contributed by atoms with Crippen molar-refractivity contribution in [3.8, 4) is 6.07 Å². The molecule has 0 aliphatic rings. The molecule has 4 N–H and O–H groups in total. The molecule has 0 saturated carbocycles. The average molecular weight is 395 g/mol. The molecule has 0 aliphatic carbocycles. The van der Waals surface area contributed by atoms with Crippen LogP contribution in [0.15, 0.2) is 42.5 Å². The Morgan fingerprint density at radius 2 is 1.89 bits per heavy atom. The van der Waals surface area contributed by atoms with Crippen LogP contribution in [0.25, 0.3) is 10.9 Å². The van der Waals surface area contributed by atoms with Gasteiger partial charge in [0.15, 0.2) is 0 Å². The Labute approximate surface area is 168 Å². The molecule has 142 valence electrons. The number of nitrogens with one attached hydrogen (secondary N) is 4. The molecule has 0 atom stereocenters. The maximum Gasteiger partial charge on any atom is 0.319 e. The van der Waals surface area contributed by atoms with Gasteiger partial charge in [-0.15, -0.1) is 0 Å². The first-order chi connectivity index (χ1) is 13.5. The van der Waals surface area contributed by atoms with Gasteiger partial charge in [-0.3, -0.25) is 5.32 Å². The predicted octanol–water partition coefficient (Wildman–Crippen LogP) is 4.03. The average Bonchev–Trinajstić information content (AvgIpc) is 2.66. The van der Waals surface area contributed by atoms with Gasteiger partial charge in [-0.2, -0.15) is 5.26 Å². The highest BCUT2D eigenvalue weighted by Gasteiger charge is 2.14. The summed E-state index contributed by atoms with van der Waals surface area (Å²) in [6.07, 6.45) is 0. The topological polar surface area (TPSA) is 91.1 Å². The van der Waals surface area contributed by atoms with E-state index in [-0.39, 0.29) is 6.03 Å². The maximum atomic E-state index is 11.9. The number of H-pyrrole nitrogens is 1. The number of carbonyl (C=O) groups excluding carboxylic acids is 1. The number of fused-ring (bicyclic) bond motifs is 1. The first-order valence-corrected chi connectivity index (χ1v) is 9.26. The molecule has 0 saturated heterocycles. The van der Waals surface area contributed by atoms with E-state index in [9.17, 15) is 10.1 Å². The zero-order chi connectivity index (χ0) is 20.1. The fraction of sp³-hybridized carbons (Fsp3) is 0.190. The quantitative estimate of drug-likeness (QED) is 0.570. The molecule has 2 aromatic carbocycles. The Morgan fingerprint density at radius 3 is 2.61 bits per heavy atom. The number of aryl methyl sites for hydroxylation is 2. The monoisotopic (exact) mass is 394 g/mol. The van der Waals surface area contributed by atoms with Gasteiger partial charge in [0.05, 0.1) is 6.54 Å². The van der Waals surface area contributed by atoms with Crippen LogP contribution < -0.4 is 20.9 Å². The van der Waals surface area contributed by atoms with Crippen molar-refractivity contribution < 1.29 is 9.78 Å². The lowest BCUT2D eigenvalue weighted by Crippen LogP contribution is -2.33. The van der Waals surface area contributed by atoms with Crippen LogP contribution in [0, 0.1) is 25.2 Å². The van der Waals surface area contributed by atoms with E-state index in [0.29, 0.717) is 35.2 Å². The molecule has 3 aromatic rings. The molecule has 0 spiro atoms. The van der Waals surface area contributed by atoms with E-state index in [1.807, 2.05) is 26.0 Å². The van der Waals surface area contributed by atoms with E-state index < -0.39 is 0 Å². The molecular formula is C21H21ClN5O+. The van der Waals surface area contributed by atoms with Crippen molar-refractivity contribution in [1.29, 1.82) is 5.26 Å². The molecule has 28 heavy (non-hydrogen) atoms. The summed E-state index contributed by atoms with van der Waals surface area (Å²) >= 11 is 5.82. The normalized spacial score (nSPS) is 10.4. The van der Waals surface area contributed by atoms with Crippen molar-refractivity contribution in [2.45, 2.75) is 13.8 Å². The summed E-state index contributed by atoms with van der Waals surface area (Å²) < 4.78 is 0. The number of carbonyl (C=O) groups is 1. The minimum atomic E-state index is -0.307. The number of amides is 2. The summed E-state index contributed by atoms with van der Waals surface area (Å²) in [4.78, 5) is 15.2. The number of aromatic nitrogens is 1. The third kappa shape index (κ3) is 4.70. The number of hydrogen-bond donors (Lipinski definition) is 3. The number of nitriles is 1. The standard InChI is InChI=1S/C21H20ClN5O/c1-13-9-14(2)18-11-15(12-23)20(27-19(18)10-13)24-7-8-25-21(28)26-17-5-3-16(22)4-6-17/h3-6,9-11H,7-8H2,1-2H3,(H,24,27)(H2,25,26,28)/p+1. The Morgan fingerprint density at radius 1 is 1.14 bits per heavy atom. The number of benzene rings is 2. The molecule has 0 unspecified atom stereocenters. The van der Waals surface area contributed by atoms with E-state index in [1.54, 1.807) is 24.3 Å². The van der Waals surface area contributed by atoms with Gasteiger partial charge in [-0.25, -0.2) is 9.78 Å². The van der Waals surface area contributed by atoms with Crippen LogP contribution in [0.1, 0.15) is 16.7 Å². The lowest BCUT2D eigenvalue weighted by molar-refractivity contribution is -0.327. The molecule has 1 aromatic heterocycles.